The maximum atomic E-state index is 12.1. The van der Waals surface area contributed by atoms with Gasteiger partial charge in [-0.15, -0.1) is 0 Å². The van der Waals surface area contributed by atoms with Crippen LogP contribution >= 0.6 is 0 Å². The fourth-order valence-corrected chi connectivity index (χ4v) is 2.60. The number of carbonyl (C=O) groups is 2. The van der Waals surface area contributed by atoms with Gasteiger partial charge in [0.2, 0.25) is 0 Å². The highest BCUT2D eigenvalue weighted by Gasteiger charge is 2.15. The number of unbranched alkanes of at least 4 members (excludes halogenated alkanes) is 3. The first-order valence-electron chi connectivity index (χ1n) is 8.18. The largest absolute Gasteiger partial charge is 0.492 e. The summed E-state index contributed by atoms with van der Waals surface area (Å²) in [5, 5.41) is 10.6. The van der Waals surface area contributed by atoms with Gasteiger partial charge in [-0.25, -0.2) is 4.79 Å². The Balaban J connectivity index is 2.39. The molecule has 0 heterocycles. The summed E-state index contributed by atoms with van der Waals surface area (Å²) in [5.74, 6) is -0.682. The number of rotatable bonds is 9. The molecule has 0 fully saturated rings. The van der Waals surface area contributed by atoms with Gasteiger partial charge in [0.25, 0.3) is 0 Å². The van der Waals surface area contributed by atoms with Crippen molar-refractivity contribution in [2.45, 2.75) is 32.6 Å². The average molecular weight is 326 g/mol. The molecule has 0 amide bonds. The molecule has 0 radical (unpaired) electrons. The molecule has 0 unspecified atom stereocenters. The summed E-state index contributed by atoms with van der Waals surface area (Å²) < 4.78 is 5.90. The standard InChI is InChI=1S/C20H22O4/c1-3-5-6-7-12-24-19-16-10-9-15(20(22)23)13-14(16)8-11-17(19)18(21)4-2/h4,8-11,13H,2-3,5-7,12H2,1H3,(H,22,23). The molecule has 4 heteroatoms. The Morgan fingerprint density at radius 3 is 2.62 bits per heavy atom. The summed E-state index contributed by atoms with van der Waals surface area (Å²) in [4.78, 5) is 23.2. The number of carboxylic acids is 1. The Morgan fingerprint density at radius 2 is 1.96 bits per heavy atom. The van der Waals surface area contributed by atoms with Crippen LogP contribution in [0.2, 0.25) is 0 Å². The molecule has 2 rings (SSSR count). The minimum Gasteiger partial charge on any atom is -0.492 e. The van der Waals surface area contributed by atoms with Crippen molar-refractivity contribution in [3.05, 3.63) is 54.1 Å². The molecule has 0 spiro atoms. The third-order valence-electron chi connectivity index (χ3n) is 3.91. The van der Waals surface area contributed by atoms with E-state index < -0.39 is 5.97 Å². The molecule has 0 saturated heterocycles. The van der Waals surface area contributed by atoms with Crippen LogP contribution in [0.5, 0.6) is 5.75 Å². The molecule has 1 N–H and O–H groups in total. The maximum absolute atomic E-state index is 12.1. The van der Waals surface area contributed by atoms with Crippen LogP contribution in [0.4, 0.5) is 0 Å². The first kappa shape index (κ1) is 17.7. The van der Waals surface area contributed by atoms with Crippen molar-refractivity contribution < 1.29 is 19.4 Å². The second-order valence-corrected chi connectivity index (χ2v) is 5.66. The van der Waals surface area contributed by atoms with Crippen molar-refractivity contribution in [3.8, 4) is 5.75 Å². The number of carbonyl (C=O) groups excluding carboxylic acids is 1. The molecule has 0 aromatic heterocycles. The van der Waals surface area contributed by atoms with Gasteiger partial charge in [-0.2, -0.15) is 0 Å². The number of hydrogen-bond acceptors (Lipinski definition) is 3. The Kier molecular flexibility index (Phi) is 6.13. The van der Waals surface area contributed by atoms with Crippen molar-refractivity contribution in [1.82, 2.24) is 0 Å². The highest BCUT2D eigenvalue weighted by atomic mass is 16.5. The number of ketones is 1. The molecule has 0 atom stereocenters. The zero-order valence-corrected chi connectivity index (χ0v) is 13.9. The van der Waals surface area contributed by atoms with Gasteiger partial charge in [-0.3, -0.25) is 4.79 Å². The number of ether oxygens (including phenoxy) is 1. The molecular formula is C20H22O4. The average Bonchev–Trinajstić information content (AvgIpc) is 2.60. The topological polar surface area (TPSA) is 63.6 Å². The first-order chi connectivity index (χ1) is 11.6. The van der Waals surface area contributed by atoms with Gasteiger partial charge in [-0.05, 0) is 42.1 Å². The molecule has 0 aliphatic carbocycles. The predicted octanol–water partition coefficient (Wildman–Crippen LogP) is 4.87. The Bertz CT molecular complexity index is 762. The quantitative estimate of drug-likeness (QED) is 0.406. The van der Waals surface area contributed by atoms with Gasteiger partial charge in [0, 0.05) is 5.39 Å². The monoisotopic (exact) mass is 326 g/mol. The van der Waals surface area contributed by atoms with Gasteiger partial charge < -0.3 is 9.84 Å². The van der Waals surface area contributed by atoms with E-state index in [1.165, 1.54) is 12.1 Å². The molecule has 126 valence electrons. The van der Waals surface area contributed by atoms with Crippen LogP contribution in [0.25, 0.3) is 10.8 Å². The second kappa shape index (κ2) is 8.29. The first-order valence-corrected chi connectivity index (χ1v) is 8.18. The lowest BCUT2D eigenvalue weighted by molar-refractivity contribution is 0.0697. The van der Waals surface area contributed by atoms with Crippen molar-refractivity contribution in [2.24, 2.45) is 0 Å². The van der Waals surface area contributed by atoms with Crippen LogP contribution in [0.1, 0.15) is 53.3 Å². The fraction of sp³-hybridized carbons (Fsp3) is 0.300. The molecule has 24 heavy (non-hydrogen) atoms. The van der Waals surface area contributed by atoms with E-state index in [0.717, 1.165) is 36.5 Å². The zero-order chi connectivity index (χ0) is 17.5. The lowest BCUT2D eigenvalue weighted by atomic mass is 10.0. The molecule has 0 aliphatic rings. The minimum atomic E-state index is -0.981. The van der Waals surface area contributed by atoms with Crippen molar-refractivity contribution in [2.75, 3.05) is 6.61 Å². The van der Waals surface area contributed by atoms with Crippen LogP contribution in [0, 0.1) is 0 Å². The van der Waals surface area contributed by atoms with Gasteiger partial charge in [0.15, 0.2) is 5.78 Å². The van der Waals surface area contributed by atoms with E-state index in [2.05, 4.69) is 13.5 Å². The summed E-state index contributed by atoms with van der Waals surface area (Å²) in [5.41, 5.74) is 0.662. The molecule has 0 bridgehead atoms. The lowest BCUT2D eigenvalue weighted by Crippen LogP contribution is -2.05. The van der Waals surface area contributed by atoms with Gasteiger partial charge >= 0.3 is 5.97 Å². The molecule has 4 nitrogen and oxygen atoms in total. The zero-order valence-electron chi connectivity index (χ0n) is 13.9. The van der Waals surface area contributed by atoms with E-state index >= 15 is 0 Å². The van der Waals surface area contributed by atoms with E-state index in [-0.39, 0.29) is 11.3 Å². The predicted molar refractivity (Wildman–Crippen MR) is 95.1 cm³/mol. The number of hydrogen-bond donors (Lipinski definition) is 1. The molecule has 0 saturated carbocycles. The van der Waals surface area contributed by atoms with Gasteiger partial charge in [0.05, 0.1) is 17.7 Å². The summed E-state index contributed by atoms with van der Waals surface area (Å²) in [6.45, 7) is 6.20. The fourth-order valence-electron chi connectivity index (χ4n) is 2.60. The Hall–Kier alpha value is -2.62. The van der Waals surface area contributed by atoms with Crippen molar-refractivity contribution in [1.29, 1.82) is 0 Å². The molecule has 2 aromatic carbocycles. The van der Waals surface area contributed by atoms with E-state index in [0.29, 0.717) is 17.9 Å². The maximum Gasteiger partial charge on any atom is 0.335 e. The number of aromatic carboxylic acids is 1. The normalized spacial score (nSPS) is 10.5. The van der Waals surface area contributed by atoms with Crippen LogP contribution in [-0.4, -0.2) is 23.5 Å². The third-order valence-corrected chi connectivity index (χ3v) is 3.91. The molecule has 2 aromatic rings. The summed E-state index contributed by atoms with van der Waals surface area (Å²) >= 11 is 0. The van der Waals surface area contributed by atoms with Crippen LogP contribution in [0.3, 0.4) is 0 Å². The lowest BCUT2D eigenvalue weighted by Gasteiger charge is -2.13. The summed E-state index contributed by atoms with van der Waals surface area (Å²) in [6.07, 6.45) is 5.55. The molecule has 0 aliphatic heterocycles. The number of carboxylic acid groups (broad SMARTS) is 1. The van der Waals surface area contributed by atoms with Crippen molar-refractivity contribution in [3.63, 3.8) is 0 Å². The van der Waals surface area contributed by atoms with Gasteiger partial charge in [-0.1, -0.05) is 38.8 Å². The van der Waals surface area contributed by atoms with E-state index in [9.17, 15) is 9.59 Å². The highest BCUT2D eigenvalue weighted by Crippen LogP contribution is 2.31. The smallest absolute Gasteiger partial charge is 0.335 e. The van der Waals surface area contributed by atoms with Crippen LogP contribution in [0.15, 0.2) is 43.0 Å². The third kappa shape index (κ3) is 4.02. The summed E-state index contributed by atoms with van der Waals surface area (Å²) in [7, 11) is 0. The number of fused-ring (bicyclic) bond motifs is 1. The molecular weight excluding hydrogens is 304 g/mol. The minimum absolute atomic E-state index is 0.206. The Morgan fingerprint density at radius 1 is 1.17 bits per heavy atom. The van der Waals surface area contributed by atoms with Gasteiger partial charge in [0.1, 0.15) is 5.75 Å². The van der Waals surface area contributed by atoms with Crippen LogP contribution in [-0.2, 0) is 0 Å². The number of benzene rings is 2. The van der Waals surface area contributed by atoms with E-state index in [1.807, 2.05) is 0 Å². The highest BCUT2D eigenvalue weighted by molar-refractivity contribution is 6.10. The van der Waals surface area contributed by atoms with E-state index in [4.69, 9.17) is 9.84 Å². The van der Waals surface area contributed by atoms with Crippen LogP contribution < -0.4 is 4.74 Å². The SMILES string of the molecule is C=CC(=O)c1ccc2cc(C(=O)O)ccc2c1OCCCCCC. The second-order valence-electron chi connectivity index (χ2n) is 5.66. The Labute approximate surface area is 141 Å². The van der Waals surface area contributed by atoms with E-state index in [1.54, 1.807) is 24.3 Å². The summed E-state index contributed by atoms with van der Waals surface area (Å²) in [6, 6.07) is 8.21. The number of allylic oxidation sites excluding steroid dienone is 1. The van der Waals surface area contributed by atoms with Crippen molar-refractivity contribution >= 4 is 22.5 Å².